The molecular weight excluding hydrogens is 819 g/mol. The predicted octanol–water partition coefficient (Wildman–Crippen LogP) is 6.56. The molecule has 5 rings (SSSR count). The number of nitrogens with zero attached hydrogens (tertiary/aromatic N) is 1. The number of esters is 1. The molecule has 14 unspecified atom stereocenters. The maximum absolute atomic E-state index is 14.5. The highest BCUT2D eigenvalue weighted by molar-refractivity contribution is 6.39. The van der Waals surface area contributed by atoms with Crippen molar-refractivity contribution in [1.29, 1.82) is 0 Å². The molecule has 4 aliphatic rings. The molecule has 1 saturated carbocycles. The number of hydrogen-bond acceptors (Lipinski definition) is 12. The maximum atomic E-state index is 14.5. The Morgan fingerprint density at radius 1 is 0.906 bits per heavy atom. The lowest BCUT2D eigenvalue weighted by Gasteiger charge is -2.47. The standard InChI is InChI=1S/C51H75NO12/c1-9-38-25-31(2)24-32(3)26-44(60-7)47-45(61-8)28-34(5)51(59,64-47)48(56)49(57)52-22-14-13-19-39(52)50(58)63-46(35(6)41(54)30-42(38)55)33(4)27-37-20-21-40(53)43(29-37)62-23-15-18-36-16-11-10-12-17-36/h10-12,15-18,25,27,32,34-35,37-41,43-47,53-54,59H,9,13-14,19-24,26,28-30H2,1-8H3. The second-order valence-electron chi connectivity index (χ2n) is 19.1. The van der Waals surface area contributed by atoms with E-state index in [1.807, 2.05) is 75.4 Å². The second-order valence-corrected chi connectivity index (χ2v) is 19.1. The Labute approximate surface area is 380 Å². The minimum atomic E-state index is -2.51. The predicted molar refractivity (Wildman–Crippen MR) is 242 cm³/mol. The van der Waals surface area contributed by atoms with Crippen molar-refractivity contribution in [2.45, 2.75) is 167 Å². The second kappa shape index (κ2) is 23.8. The Kier molecular flexibility index (Phi) is 19.1. The van der Waals surface area contributed by atoms with Crippen LogP contribution in [0.5, 0.6) is 0 Å². The Hall–Kier alpha value is -3.56. The summed E-state index contributed by atoms with van der Waals surface area (Å²) in [6, 6.07) is 8.73. The number of hydrogen-bond donors (Lipinski definition) is 3. The summed E-state index contributed by atoms with van der Waals surface area (Å²) in [4.78, 5) is 58.3. The first-order chi connectivity index (χ1) is 30.5. The minimum absolute atomic E-state index is 0.0259. The summed E-state index contributed by atoms with van der Waals surface area (Å²) in [6.45, 7) is 11.6. The lowest BCUT2D eigenvalue weighted by atomic mass is 9.81. The number of cyclic esters (lactones) is 1. The highest BCUT2D eigenvalue weighted by Crippen LogP contribution is 2.39. The van der Waals surface area contributed by atoms with Crippen molar-refractivity contribution < 1.29 is 58.2 Å². The van der Waals surface area contributed by atoms with E-state index in [2.05, 4.69) is 6.92 Å². The van der Waals surface area contributed by atoms with E-state index in [0.717, 1.165) is 11.1 Å². The largest absolute Gasteiger partial charge is 0.456 e. The molecule has 356 valence electrons. The van der Waals surface area contributed by atoms with Crippen LogP contribution in [-0.4, -0.2) is 126 Å². The van der Waals surface area contributed by atoms with Gasteiger partial charge in [-0.15, -0.1) is 0 Å². The fourth-order valence-electron chi connectivity index (χ4n) is 10.2. The van der Waals surface area contributed by atoms with E-state index in [1.165, 1.54) is 19.1 Å². The zero-order chi connectivity index (χ0) is 46.7. The van der Waals surface area contributed by atoms with Crippen LogP contribution in [0, 0.1) is 29.6 Å². The number of aliphatic hydroxyl groups is 3. The number of ketones is 2. The van der Waals surface area contributed by atoms with Gasteiger partial charge in [-0.05, 0) is 101 Å². The number of ether oxygens (including phenoxy) is 5. The van der Waals surface area contributed by atoms with E-state index < -0.39 is 90.0 Å². The number of carbonyl (C=O) groups excluding carboxylic acids is 4. The number of methoxy groups -OCH3 is 2. The first-order valence-corrected chi connectivity index (χ1v) is 23.6. The van der Waals surface area contributed by atoms with Crippen LogP contribution in [0.1, 0.15) is 118 Å². The van der Waals surface area contributed by atoms with Crippen molar-refractivity contribution in [1.82, 2.24) is 4.90 Å². The quantitative estimate of drug-likeness (QED) is 0.139. The van der Waals surface area contributed by atoms with Gasteiger partial charge in [0.1, 0.15) is 24.0 Å². The average molecular weight is 894 g/mol. The fourth-order valence-corrected chi connectivity index (χ4v) is 10.2. The van der Waals surface area contributed by atoms with Crippen molar-refractivity contribution in [3.8, 4) is 0 Å². The molecule has 0 radical (unpaired) electrons. The molecule has 0 aromatic heterocycles. The van der Waals surface area contributed by atoms with Crippen LogP contribution in [0.3, 0.4) is 0 Å². The monoisotopic (exact) mass is 894 g/mol. The SMILES string of the molecule is CCC1C=C(C)CC(C)CC(OC)C2OC(O)(C(=O)C(=O)N3CCCCC3C(=O)OC(C(C)=CC3CCC(O)C(OCC=Cc4ccccc4)C3)C(C)C(O)CC1=O)C(C)CC2OC. The summed E-state index contributed by atoms with van der Waals surface area (Å²) in [5.74, 6) is -7.65. The van der Waals surface area contributed by atoms with Crippen LogP contribution >= 0.6 is 0 Å². The maximum Gasteiger partial charge on any atom is 0.329 e. The fraction of sp³-hybridized carbons (Fsp3) is 0.686. The van der Waals surface area contributed by atoms with E-state index >= 15 is 0 Å². The minimum Gasteiger partial charge on any atom is -0.456 e. The molecule has 3 fully saturated rings. The Bertz CT molecular complexity index is 1810. The molecule has 1 amide bonds. The molecule has 3 heterocycles. The van der Waals surface area contributed by atoms with Crippen molar-refractivity contribution in [2.75, 3.05) is 27.4 Å². The lowest BCUT2D eigenvalue weighted by Crippen LogP contribution is -2.64. The number of aliphatic hydroxyl groups excluding tert-OH is 2. The number of amides is 1. The molecule has 2 bridgehead atoms. The average Bonchev–Trinajstić information content (AvgIpc) is 3.28. The molecule has 2 saturated heterocycles. The molecule has 0 spiro atoms. The van der Waals surface area contributed by atoms with Gasteiger partial charge in [-0.3, -0.25) is 14.4 Å². The molecule has 13 nitrogen and oxygen atoms in total. The molecule has 14 atom stereocenters. The van der Waals surface area contributed by atoms with Crippen molar-refractivity contribution in [3.63, 3.8) is 0 Å². The van der Waals surface area contributed by atoms with Gasteiger partial charge in [0, 0.05) is 44.9 Å². The summed E-state index contributed by atoms with van der Waals surface area (Å²) in [5.41, 5.74) is 2.69. The summed E-state index contributed by atoms with van der Waals surface area (Å²) >= 11 is 0. The van der Waals surface area contributed by atoms with E-state index in [4.69, 9.17) is 23.7 Å². The molecule has 1 aromatic carbocycles. The van der Waals surface area contributed by atoms with Crippen LogP contribution in [0.2, 0.25) is 0 Å². The molecule has 3 aliphatic heterocycles. The number of carbonyl (C=O) groups is 4. The normalized spacial score (nSPS) is 37.1. The lowest BCUT2D eigenvalue weighted by molar-refractivity contribution is -0.302. The third kappa shape index (κ3) is 12.9. The van der Waals surface area contributed by atoms with Crippen molar-refractivity contribution in [2.24, 2.45) is 29.6 Å². The van der Waals surface area contributed by atoms with Crippen LogP contribution < -0.4 is 0 Å². The highest BCUT2D eigenvalue weighted by Gasteiger charge is 2.56. The Morgan fingerprint density at radius 2 is 1.61 bits per heavy atom. The zero-order valence-electron chi connectivity index (χ0n) is 39.4. The first kappa shape index (κ1) is 51.4. The number of Topliss-reactive ketones (excluding diaryl/α,β-unsaturated/α-hetero) is 2. The Balaban J connectivity index is 1.46. The van der Waals surface area contributed by atoms with E-state index in [9.17, 15) is 34.5 Å². The number of allylic oxidation sites excluding steroid dienone is 3. The highest BCUT2D eigenvalue weighted by atomic mass is 16.7. The third-order valence-corrected chi connectivity index (χ3v) is 14.1. The molecule has 13 heteroatoms. The summed E-state index contributed by atoms with van der Waals surface area (Å²) in [7, 11) is 3.07. The van der Waals surface area contributed by atoms with Crippen LogP contribution in [0.15, 0.2) is 59.7 Å². The van der Waals surface area contributed by atoms with E-state index in [-0.39, 0.29) is 43.4 Å². The number of fused-ring (bicyclic) bond motifs is 3. The van der Waals surface area contributed by atoms with Gasteiger partial charge < -0.3 is 43.9 Å². The number of piperidine rings is 1. The van der Waals surface area contributed by atoms with E-state index in [0.29, 0.717) is 63.5 Å². The zero-order valence-corrected chi connectivity index (χ0v) is 39.4. The summed E-state index contributed by atoms with van der Waals surface area (Å²) < 4.78 is 30.5. The van der Waals surface area contributed by atoms with Gasteiger partial charge in [-0.25, -0.2) is 4.79 Å². The molecule has 3 N–H and O–H groups in total. The van der Waals surface area contributed by atoms with E-state index in [1.54, 1.807) is 13.8 Å². The van der Waals surface area contributed by atoms with Gasteiger partial charge >= 0.3 is 5.97 Å². The summed E-state index contributed by atoms with van der Waals surface area (Å²) in [6.07, 6.45) is 7.23. The molecule has 1 aromatic rings. The van der Waals surface area contributed by atoms with Crippen LogP contribution in [-0.2, 0) is 42.9 Å². The van der Waals surface area contributed by atoms with Gasteiger partial charge in [0.15, 0.2) is 0 Å². The Morgan fingerprint density at radius 3 is 2.30 bits per heavy atom. The van der Waals surface area contributed by atoms with Gasteiger partial charge in [-0.2, -0.15) is 0 Å². The van der Waals surface area contributed by atoms with Gasteiger partial charge in [0.25, 0.3) is 11.7 Å². The van der Waals surface area contributed by atoms with Crippen molar-refractivity contribution >= 4 is 29.5 Å². The van der Waals surface area contributed by atoms with Gasteiger partial charge in [0.2, 0.25) is 5.79 Å². The smallest absolute Gasteiger partial charge is 0.329 e. The summed E-state index contributed by atoms with van der Waals surface area (Å²) in [5, 5.41) is 34.8. The number of rotatable bonds is 9. The molecule has 1 aliphatic carbocycles. The molecular formula is C51H75NO12. The number of benzene rings is 1. The van der Waals surface area contributed by atoms with Crippen LogP contribution in [0.25, 0.3) is 6.08 Å². The van der Waals surface area contributed by atoms with Gasteiger partial charge in [0.05, 0.1) is 37.1 Å². The topological polar surface area (TPSA) is 178 Å². The van der Waals surface area contributed by atoms with Crippen molar-refractivity contribution in [3.05, 3.63) is 65.3 Å². The van der Waals surface area contributed by atoms with Crippen LogP contribution in [0.4, 0.5) is 0 Å². The third-order valence-electron chi connectivity index (χ3n) is 14.1. The first-order valence-electron chi connectivity index (χ1n) is 23.6. The molecule has 64 heavy (non-hydrogen) atoms. The van der Waals surface area contributed by atoms with Gasteiger partial charge in [-0.1, -0.05) is 87.9 Å².